The molecule has 1 aromatic carbocycles. The zero-order valence-electron chi connectivity index (χ0n) is 17.3. The SMILES string of the molecule is Cc1cc(C)c(S(=O)(=O)N2CCN(C(=O)CCC(=O)O[C@@H](C)C#N)CC2)c(C)c1. The summed E-state index contributed by atoms with van der Waals surface area (Å²) in [7, 11) is -3.64. The van der Waals surface area contributed by atoms with Crippen LogP contribution in [0.25, 0.3) is 0 Å². The number of esters is 1. The number of ether oxygens (including phenoxy) is 1. The minimum absolute atomic E-state index is 0.0279. The first-order valence-electron chi connectivity index (χ1n) is 9.51. The third-order valence-corrected chi connectivity index (χ3v) is 7.03. The molecular formula is C20H27N3O5S. The normalized spacial score (nSPS) is 16.2. The molecule has 1 fully saturated rings. The van der Waals surface area contributed by atoms with Gasteiger partial charge in [0.05, 0.1) is 11.3 Å². The number of amides is 1. The van der Waals surface area contributed by atoms with E-state index < -0.39 is 22.1 Å². The van der Waals surface area contributed by atoms with Crippen LogP contribution in [-0.2, 0) is 24.3 Å². The fourth-order valence-corrected chi connectivity index (χ4v) is 5.36. The van der Waals surface area contributed by atoms with Gasteiger partial charge >= 0.3 is 5.97 Å². The molecule has 158 valence electrons. The van der Waals surface area contributed by atoms with Crippen molar-refractivity contribution in [3.05, 3.63) is 28.8 Å². The standard InChI is InChI=1S/C20H27N3O5S/c1-14-11-15(2)20(16(3)12-14)29(26,27)23-9-7-22(8-10-23)18(24)5-6-19(25)28-17(4)13-21/h11-12,17H,5-10H2,1-4H3/t17-/m0/s1. The molecule has 1 saturated heterocycles. The zero-order chi connectivity index (χ0) is 21.8. The van der Waals surface area contributed by atoms with Gasteiger partial charge in [0.15, 0.2) is 6.10 Å². The Balaban J connectivity index is 1.96. The molecule has 0 saturated carbocycles. The van der Waals surface area contributed by atoms with Gasteiger partial charge in [-0.1, -0.05) is 17.7 Å². The smallest absolute Gasteiger partial charge is 0.307 e. The van der Waals surface area contributed by atoms with Crippen LogP contribution in [0.15, 0.2) is 17.0 Å². The fourth-order valence-electron chi connectivity index (χ4n) is 3.53. The Bertz CT molecular complexity index is 905. The largest absolute Gasteiger partial charge is 0.447 e. The van der Waals surface area contributed by atoms with E-state index in [1.165, 1.54) is 11.2 Å². The van der Waals surface area contributed by atoms with Gasteiger partial charge in [-0.25, -0.2) is 8.42 Å². The summed E-state index contributed by atoms with van der Waals surface area (Å²) in [6.45, 7) is 7.91. The van der Waals surface area contributed by atoms with E-state index in [-0.39, 0.29) is 44.9 Å². The molecule has 0 N–H and O–H groups in total. The average Bonchev–Trinajstić information content (AvgIpc) is 2.65. The van der Waals surface area contributed by atoms with Gasteiger partial charge in [-0.15, -0.1) is 0 Å². The van der Waals surface area contributed by atoms with Crippen LogP contribution < -0.4 is 0 Å². The third kappa shape index (κ3) is 5.55. The van der Waals surface area contributed by atoms with Crippen molar-refractivity contribution < 1.29 is 22.7 Å². The number of hydrogen-bond acceptors (Lipinski definition) is 6. The van der Waals surface area contributed by atoms with Gasteiger partial charge in [0, 0.05) is 32.6 Å². The van der Waals surface area contributed by atoms with Gasteiger partial charge in [0.25, 0.3) is 0 Å². The van der Waals surface area contributed by atoms with Crippen LogP contribution in [-0.4, -0.2) is 61.8 Å². The van der Waals surface area contributed by atoms with Crippen molar-refractivity contribution in [2.45, 2.75) is 51.5 Å². The summed E-state index contributed by atoms with van der Waals surface area (Å²) in [5, 5.41) is 8.63. The van der Waals surface area contributed by atoms with Gasteiger partial charge in [-0.2, -0.15) is 9.57 Å². The van der Waals surface area contributed by atoms with Crippen molar-refractivity contribution in [2.24, 2.45) is 0 Å². The Morgan fingerprint density at radius 2 is 1.66 bits per heavy atom. The van der Waals surface area contributed by atoms with Crippen LogP contribution in [0.2, 0.25) is 0 Å². The average molecular weight is 422 g/mol. The number of hydrogen-bond donors (Lipinski definition) is 0. The number of nitriles is 1. The lowest BCUT2D eigenvalue weighted by atomic mass is 10.1. The van der Waals surface area contributed by atoms with Crippen LogP contribution in [0.1, 0.15) is 36.5 Å². The fraction of sp³-hybridized carbons (Fsp3) is 0.550. The molecule has 1 amide bonds. The van der Waals surface area contributed by atoms with Gasteiger partial charge in [-0.3, -0.25) is 9.59 Å². The molecule has 1 aliphatic heterocycles. The van der Waals surface area contributed by atoms with E-state index in [0.29, 0.717) is 16.0 Å². The Morgan fingerprint density at radius 3 is 2.17 bits per heavy atom. The second kappa shape index (κ2) is 9.37. The molecule has 0 radical (unpaired) electrons. The second-order valence-corrected chi connectivity index (χ2v) is 9.15. The van der Waals surface area contributed by atoms with Gasteiger partial charge in [-0.05, 0) is 38.8 Å². The summed E-state index contributed by atoms with van der Waals surface area (Å²) in [4.78, 5) is 25.8. The summed E-state index contributed by atoms with van der Waals surface area (Å²) < 4.78 is 32.4. The summed E-state index contributed by atoms with van der Waals surface area (Å²) in [6.07, 6.45) is -0.981. The van der Waals surface area contributed by atoms with Crippen molar-refractivity contribution in [2.75, 3.05) is 26.2 Å². The molecule has 9 heteroatoms. The van der Waals surface area contributed by atoms with Crippen LogP contribution in [0.5, 0.6) is 0 Å². The number of sulfonamides is 1. The quantitative estimate of drug-likeness (QED) is 0.647. The van der Waals surface area contributed by atoms with E-state index in [2.05, 4.69) is 0 Å². The number of piperazine rings is 1. The maximum absolute atomic E-state index is 13.1. The molecule has 0 aliphatic carbocycles. The van der Waals surface area contributed by atoms with E-state index in [1.54, 1.807) is 24.8 Å². The zero-order valence-corrected chi connectivity index (χ0v) is 18.1. The maximum Gasteiger partial charge on any atom is 0.307 e. The van der Waals surface area contributed by atoms with Crippen molar-refractivity contribution in [1.82, 2.24) is 9.21 Å². The van der Waals surface area contributed by atoms with Crippen molar-refractivity contribution in [3.8, 4) is 6.07 Å². The number of carbonyl (C=O) groups excluding carboxylic acids is 2. The first-order valence-corrected chi connectivity index (χ1v) is 10.9. The minimum atomic E-state index is -3.64. The summed E-state index contributed by atoms with van der Waals surface area (Å²) in [5.41, 5.74) is 2.44. The lowest BCUT2D eigenvalue weighted by Crippen LogP contribution is -2.50. The molecule has 0 aromatic heterocycles. The molecule has 29 heavy (non-hydrogen) atoms. The minimum Gasteiger partial charge on any atom is -0.447 e. The second-order valence-electron chi connectivity index (χ2n) is 7.27. The first kappa shape index (κ1) is 22.8. The highest BCUT2D eigenvalue weighted by atomic mass is 32.2. The van der Waals surface area contributed by atoms with E-state index in [4.69, 9.17) is 10.00 Å². The molecule has 1 aromatic rings. The molecule has 1 aliphatic rings. The number of benzene rings is 1. The molecule has 0 bridgehead atoms. The highest BCUT2D eigenvalue weighted by Crippen LogP contribution is 2.26. The summed E-state index contributed by atoms with van der Waals surface area (Å²) >= 11 is 0. The Kier molecular flexibility index (Phi) is 7.38. The third-order valence-electron chi connectivity index (χ3n) is 4.83. The van der Waals surface area contributed by atoms with Crippen LogP contribution in [0.4, 0.5) is 0 Å². The Labute approximate surface area is 172 Å². The van der Waals surface area contributed by atoms with E-state index in [1.807, 2.05) is 19.1 Å². The molecule has 0 unspecified atom stereocenters. The van der Waals surface area contributed by atoms with Crippen LogP contribution >= 0.6 is 0 Å². The Morgan fingerprint density at radius 1 is 1.10 bits per heavy atom. The van der Waals surface area contributed by atoms with E-state index in [0.717, 1.165) is 5.56 Å². The van der Waals surface area contributed by atoms with Crippen molar-refractivity contribution in [3.63, 3.8) is 0 Å². The van der Waals surface area contributed by atoms with Gasteiger partial charge < -0.3 is 9.64 Å². The molecule has 0 spiro atoms. The molecule has 8 nitrogen and oxygen atoms in total. The van der Waals surface area contributed by atoms with Crippen LogP contribution in [0, 0.1) is 32.1 Å². The number of nitrogens with zero attached hydrogens (tertiary/aromatic N) is 3. The Hall–Kier alpha value is -2.44. The van der Waals surface area contributed by atoms with E-state index >= 15 is 0 Å². The van der Waals surface area contributed by atoms with Crippen LogP contribution in [0.3, 0.4) is 0 Å². The van der Waals surface area contributed by atoms with E-state index in [9.17, 15) is 18.0 Å². The monoisotopic (exact) mass is 421 g/mol. The topological polar surface area (TPSA) is 108 Å². The number of carbonyl (C=O) groups is 2. The lowest BCUT2D eigenvalue weighted by molar-refractivity contribution is -0.148. The molecule has 1 atom stereocenters. The highest BCUT2D eigenvalue weighted by molar-refractivity contribution is 7.89. The summed E-state index contributed by atoms with van der Waals surface area (Å²) in [5.74, 6) is -0.828. The highest BCUT2D eigenvalue weighted by Gasteiger charge is 2.32. The van der Waals surface area contributed by atoms with Gasteiger partial charge in [0.1, 0.15) is 6.07 Å². The molecule has 1 heterocycles. The molecule has 2 rings (SSSR count). The number of aryl methyl sites for hydroxylation is 3. The number of rotatable bonds is 6. The summed E-state index contributed by atoms with van der Waals surface area (Å²) in [6, 6.07) is 5.50. The molecular weight excluding hydrogens is 394 g/mol. The van der Waals surface area contributed by atoms with Crippen molar-refractivity contribution >= 4 is 21.9 Å². The maximum atomic E-state index is 13.1. The first-order chi connectivity index (χ1) is 13.6. The van der Waals surface area contributed by atoms with Gasteiger partial charge in [0.2, 0.25) is 15.9 Å². The van der Waals surface area contributed by atoms with Crippen molar-refractivity contribution in [1.29, 1.82) is 5.26 Å². The predicted octanol–water partition coefficient (Wildman–Crippen LogP) is 1.68. The predicted molar refractivity (Wildman–Crippen MR) is 106 cm³/mol. The lowest BCUT2D eigenvalue weighted by Gasteiger charge is -2.34.